The average Bonchev–Trinajstić information content (AvgIpc) is 3.36. The average molecular weight is 492 g/mol. The molecule has 8 heteroatoms. The van der Waals surface area contributed by atoms with Crippen molar-refractivity contribution in [2.75, 3.05) is 13.3 Å². The van der Waals surface area contributed by atoms with Crippen molar-refractivity contribution < 1.29 is 13.6 Å². The van der Waals surface area contributed by atoms with Gasteiger partial charge in [-0.05, 0) is 54.3 Å². The first-order valence-electron chi connectivity index (χ1n) is 10.8. The molecule has 3 aromatic heterocycles. The molecule has 34 heavy (non-hydrogen) atoms. The third-order valence-electron chi connectivity index (χ3n) is 6.00. The summed E-state index contributed by atoms with van der Waals surface area (Å²) in [5.41, 5.74) is 1.30. The summed E-state index contributed by atoms with van der Waals surface area (Å²) in [5, 5.41) is 3.91. The molecule has 170 valence electrons. The van der Waals surface area contributed by atoms with Crippen molar-refractivity contribution in [2.24, 2.45) is 0 Å². The first kappa shape index (κ1) is 21.2. The fourth-order valence-electron chi connectivity index (χ4n) is 4.35. The number of halogens is 1. The van der Waals surface area contributed by atoms with Crippen molar-refractivity contribution in [1.29, 1.82) is 0 Å². The summed E-state index contributed by atoms with van der Waals surface area (Å²) < 4.78 is 17.1. The van der Waals surface area contributed by atoms with Crippen LogP contribution >= 0.6 is 22.9 Å². The van der Waals surface area contributed by atoms with E-state index >= 15 is 0 Å². The molecule has 2 aromatic carbocycles. The van der Waals surface area contributed by atoms with E-state index in [0.717, 1.165) is 18.5 Å². The van der Waals surface area contributed by atoms with Crippen molar-refractivity contribution in [3.05, 3.63) is 96.3 Å². The molecule has 1 aliphatic heterocycles. The fraction of sp³-hybridized carbons (Fsp3) is 0.154. The minimum absolute atomic E-state index is 0.277. The summed E-state index contributed by atoms with van der Waals surface area (Å²) in [7, 11) is 0. The summed E-state index contributed by atoms with van der Waals surface area (Å²) in [5.74, 6) is 0.678. The number of thiophene rings is 1. The van der Waals surface area contributed by atoms with E-state index in [1.165, 1.54) is 10.9 Å². The van der Waals surface area contributed by atoms with Crippen LogP contribution in [0.5, 0.6) is 5.75 Å². The van der Waals surface area contributed by atoms with Crippen LogP contribution in [0.25, 0.3) is 33.1 Å². The van der Waals surface area contributed by atoms with Crippen molar-refractivity contribution in [3.63, 3.8) is 0 Å². The quantitative estimate of drug-likeness (QED) is 0.301. The molecule has 0 atom stereocenters. The summed E-state index contributed by atoms with van der Waals surface area (Å²) in [4.78, 5) is 28.9. The lowest BCUT2D eigenvalue weighted by Gasteiger charge is -2.29. The molecule has 0 aliphatic carbocycles. The highest BCUT2D eigenvalue weighted by atomic mass is 35.5. The fourth-order valence-corrected chi connectivity index (χ4v) is 5.23. The van der Waals surface area contributed by atoms with Gasteiger partial charge in [-0.3, -0.25) is 4.90 Å². The van der Waals surface area contributed by atoms with Crippen LogP contribution in [0.3, 0.4) is 0 Å². The first-order chi connectivity index (χ1) is 16.5. The van der Waals surface area contributed by atoms with Crippen LogP contribution in [0, 0.1) is 0 Å². The van der Waals surface area contributed by atoms with Crippen LogP contribution in [-0.2, 0) is 13.0 Å². The van der Waals surface area contributed by atoms with Crippen LogP contribution < -0.4 is 16.0 Å². The number of nitrogens with zero attached hydrogens (tertiary/aromatic N) is 1. The van der Waals surface area contributed by atoms with Gasteiger partial charge in [0.25, 0.3) is 0 Å². The Morgan fingerprint density at radius 2 is 1.91 bits per heavy atom. The first-order valence-corrected chi connectivity index (χ1v) is 12.0. The van der Waals surface area contributed by atoms with Crippen molar-refractivity contribution in [2.45, 2.75) is 13.0 Å². The van der Waals surface area contributed by atoms with Crippen LogP contribution in [0.1, 0.15) is 10.4 Å². The Balaban J connectivity index is 1.45. The van der Waals surface area contributed by atoms with Gasteiger partial charge in [-0.25, -0.2) is 9.59 Å². The smallest absolute Gasteiger partial charge is 0.344 e. The minimum atomic E-state index is -0.544. The summed E-state index contributed by atoms with van der Waals surface area (Å²) in [6.45, 7) is 1.85. The Bertz CT molecular complexity index is 1650. The summed E-state index contributed by atoms with van der Waals surface area (Å²) in [6.07, 6.45) is 0.914. The van der Waals surface area contributed by atoms with Gasteiger partial charge in [-0.2, -0.15) is 0 Å². The molecule has 0 saturated heterocycles. The maximum atomic E-state index is 12.8. The summed E-state index contributed by atoms with van der Waals surface area (Å²) in [6, 6.07) is 15.9. The maximum Gasteiger partial charge on any atom is 0.344 e. The highest BCUT2D eigenvalue weighted by Crippen LogP contribution is 2.36. The Labute approximate surface area is 202 Å². The molecule has 0 radical (unpaired) electrons. The van der Waals surface area contributed by atoms with E-state index in [-0.39, 0.29) is 5.56 Å². The SMILES string of the molecule is O=c1cc(-c2cc3cc(Cl)ccc3oc2=O)c2ccc3c(c2o1)CN(CCc1cccs1)CO3. The molecule has 0 fully saturated rings. The number of ether oxygens (including phenoxy) is 1. The number of rotatable bonds is 4. The summed E-state index contributed by atoms with van der Waals surface area (Å²) >= 11 is 7.86. The lowest BCUT2D eigenvalue weighted by molar-refractivity contribution is 0.0970. The van der Waals surface area contributed by atoms with Crippen molar-refractivity contribution in [3.8, 4) is 16.9 Å². The standard InChI is InChI=1S/C26H18ClNO5S/c27-16-3-5-22-15(10-16)11-20(26(30)32-22)19-12-24(29)33-25-18(19)4-6-23-21(25)13-28(14-31-23)8-7-17-2-1-9-34-17/h1-6,9-12H,7-8,13-14H2. The third-order valence-corrected chi connectivity index (χ3v) is 7.17. The zero-order valence-electron chi connectivity index (χ0n) is 17.9. The second-order valence-electron chi connectivity index (χ2n) is 8.18. The minimum Gasteiger partial charge on any atom is -0.478 e. The molecule has 6 rings (SSSR count). The Morgan fingerprint density at radius 1 is 1.00 bits per heavy atom. The maximum absolute atomic E-state index is 12.8. The second-order valence-corrected chi connectivity index (χ2v) is 9.65. The van der Waals surface area contributed by atoms with Gasteiger partial charge in [0, 0.05) is 45.4 Å². The monoisotopic (exact) mass is 491 g/mol. The predicted octanol–water partition coefficient (Wildman–Crippen LogP) is 5.68. The molecule has 0 spiro atoms. The van der Waals surface area contributed by atoms with Gasteiger partial charge >= 0.3 is 11.3 Å². The van der Waals surface area contributed by atoms with Crippen LogP contribution in [0.2, 0.25) is 5.02 Å². The lowest BCUT2D eigenvalue weighted by Crippen LogP contribution is -2.33. The number of hydrogen-bond acceptors (Lipinski definition) is 7. The van der Waals surface area contributed by atoms with E-state index in [2.05, 4.69) is 16.3 Å². The molecule has 0 N–H and O–H groups in total. The van der Waals surface area contributed by atoms with Crippen molar-refractivity contribution in [1.82, 2.24) is 4.90 Å². The van der Waals surface area contributed by atoms with E-state index < -0.39 is 11.3 Å². The van der Waals surface area contributed by atoms with Gasteiger partial charge in [0.1, 0.15) is 23.6 Å². The number of hydrogen-bond donors (Lipinski definition) is 0. The van der Waals surface area contributed by atoms with Gasteiger partial charge in [0.2, 0.25) is 0 Å². The van der Waals surface area contributed by atoms with Crippen molar-refractivity contribution >= 4 is 44.9 Å². The largest absolute Gasteiger partial charge is 0.478 e. The van der Waals surface area contributed by atoms with Gasteiger partial charge in [-0.1, -0.05) is 17.7 Å². The molecular weight excluding hydrogens is 474 g/mol. The molecule has 4 heterocycles. The third kappa shape index (κ3) is 3.81. The molecule has 1 aliphatic rings. The number of benzene rings is 2. The molecule has 6 nitrogen and oxygen atoms in total. The Kier molecular flexibility index (Phi) is 5.25. The molecular formula is C26H18ClNO5S. The van der Waals surface area contributed by atoms with Crippen LogP contribution in [0.4, 0.5) is 0 Å². The topological polar surface area (TPSA) is 72.9 Å². The highest BCUT2D eigenvalue weighted by Gasteiger charge is 2.23. The predicted molar refractivity (Wildman–Crippen MR) is 133 cm³/mol. The zero-order valence-corrected chi connectivity index (χ0v) is 19.4. The highest BCUT2D eigenvalue weighted by molar-refractivity contribution is 7.09. The normalized spacial score (nSPS) is 13.8. The van der Waals surface area contributed by atoms with Gasteiger partial charge < -0.3 is 13.6 Å². The Morgan fingerprint density at radius 3 is 2.76 bits per heavy atom. The Hall–Kier alpha value is -3.39. The molecule has 0 saturated carbocycles. The van der Waals surface area contributed by atoms with Crippen LogP contribution in [-0.4, -0.2) is 18.2 Å². The van der Waals surface area contributed by atoms with E-state index in [0.29, 0.717) is 51.5 Å². The molecule has 0 bridgehead atoms. The van der Waals surface area contributed by atoms with Gasteiger partial charge in [-0.15, -0.1) is 11.3 Å². The second kappa shape index (κ2) is 8.43. The molecule has 0 unspecified atom stereocenters. The number of fused-ring (bicyclic) bond motifs is 4. The van der Waals surface area contributed by atoms with E-state index in [1.807, 2.05) is 18.2 Å². The molecule has 5 aromatic rings. The lowest BCUT2D eigenvalue weighted by atomic mass is 9.99. The van der Waals surface area contributed by atoms with Crippen LogP contribution in [0.15, 0.2) is 78.4 Å². The van der Waals surface area contributed by atoms with Gasteiger partial charge in [0.05, 0.1) is 11.1 Å². The van der Waals surface area contributed by atoms with E-state index in [9.17, 15) is 9.59 Å². The van der Waals surface area contributed by atoms with E-state index in [1.54, 1.807) is 35.6 Å². The van der Waals surface area contributed by atoms with Gasteiger partial charge in [0.15, 0.2) is 0 Å². The van der Waals surface area contributed by atoms with E-state index in [4.69, 9.17) is 25.2 Å². The zero-order chi connectivity index (χ0) is 23.2. The molecule has 0 amide bonds.